The van der Waals surface area contributed by atoms with Crippen LogP contribution in [0.2, 0.25) is 0 Å². The topological polar surface area (TPSA) is 69.2 Å². The molecule has 0 fully saturated rings. The molecular formula is C24H22Br2N2O4. The van der Waals surface area contributed by atoms with Crippen LogP contribution in [-0.2, 0) is 11.4 Å². The predicted molar refractivity (Wildman–Crippen MR) is 132 cm³/mol. The molecule has 3 aromatic rings. The summed E-state index contributed by atoms with van der Waals surface area (Å²) in [4.78, 5) is 12.0. The van der Waals surface area contributed by atoms with E-state index in [4.69, 9.17) is 14.2 Å². The van der Waals surface area contributed by atoms with Crippen LogP contribution in [0.4, 0.5) is 0 Å². The van der Waals surface area contributed by atoms with Gasteiger partial charge in [0.25, 0.3) is 5.91 Å². The number of hydrogen-bond donors (Lipinski definition) is 1. The van der Waals surface area contributed by atoms with Crippen LogP contribution in [-0.4, -0.2) is 25.8 Å². The van der Waals surface area contributed by atoms with Gasteiger partial charge in [0.2, 0.25) is 0 Å². The summed E-state index contributed by atoms with van der Waals surface area (Å²) < 4.78 is 18.5. The number of ether oxygens (including phenoxy) is 3. The summed E-state index contributed by atoms with van der Waals surface area (Å²) in [7, 11) is 1.58. The number of benzene rings is 3. The van der Waals surface area contributed by atoms with Gasteiger partial charge in [0.1, 0.15) is 12.4 Å². The highest BCUT2D eigenvalue weighted by atomic mass is 79.9. The van der Waals surface area contributed by atoms with Gasteiger partial charge in [-0.15, -0.1) is 0 Å². The lowest BCUT2D eigenvalue weighted by atomic mass is 10.1. The minimum absolute atomic E-state index is 0.160. The van der Waals surface area contributed by atoms with Crippen LogP contribution < -0.4 is 19.6 Å². The molecule has 3 aromatic carbocycles. The van der Waals surface area contributed by atoms with E-state index in [9.17, 15) is 4.79 Å². The number of nitrogens with zero attached hydrogens (tertiary/aromatic N) is 1. The second-order valence-corrected chi connectivity index (χ2v) is 8.55. The Hall–Kier alpha value is -2.84. The van der Waals surface area contributed by atoms with Crippen LogP contribution in [0.3, 0.4) is 0 Å². The first-order chi connectivity index (χ1) is 15.5. The number of amides is 1. The molecule has 0 heterocycles. The molecule has 32 heavy (non-hydrogen) atoms. The Labute approximate surface area is 203 Å². The molecule has 166 valence electrons. The van der Waals surface area contributed by atoms with Crippen LogP contribution >= 0.6 is 31.9 Å². The molecule has 0 aromatic heterocycles. The molecular weight excluding hydrogens is 540 g/mol. The molecule has 3 rings (SSSR count). The summed E-state index contributed by atoms with van der Waals surface area (Å²) in [5, 5.41) is 3.98. The van der Waals surface area contributed by atoms with E-state index in [1.54, 1.807) is 19.2 Å². The Balaban J connectivity index is 1.53. The highest BCUT2D eigenvalue weighted by molar-refractivity contribution is 9.11. The van der Waals surface area contributed by atoms with E-state index in [1.807, 2.05) is 55.5 Å². The molecule has 0 bridgehead atoms. The molecule has 0 saturated heterocycles. The number of hydrogen-bond acceptors (Lipinski definition) is 5. The van der Waals surface area contributed by atoms with Gasteiger partial charge in [0, 0.05) is 4.47 Å². The van der Waals surface area contributed by atoms with E-state index < -0.39 is 0 Å². The molecule has 0 radical (unpaired) electrons. The zero-order valence-corrected chi connectivity index (χ0v) is 20.8. The standard InChI is InChI=1S/C24H22Br2N2O4/c1-16-5-3-4-6-18(16)14-31-22-9-7-17(11-23(22)30-2)13-27-28-24(29)15-32-21-10-8-19(25)12-20(21)26/h3-13H,14-15H2,1-2H3,(H,28,29)/b27-13+. The lowest BCUT2D eigenvalue weighted by Crippen LogP contribution is -2.24. The summed E-state index contributed by atoms with van der Waals surface area (Å²) >= 11 is 6.76. The average Bonchev–Trinajstić information content (AvgIpc) is 2.78. The highest BCUT2D eigenvalue weighted by Gasteiger charge is 2.08. The smallest absolute Gasteiger partial charge is 0.277 e. The molecule has 6 nitrogen and oxygen atoms in total. The maximum Gasteiger partial charge on any atom is 0.277 e. The highest BCUT2D eigenvalue weighted by Crippen LogP contribution is 2.29. The molecule has 0 atom stereocenters. The van der Waals surface area contributed by atoms with Crippen molar-refractivity contribution in [2.75, 3.05) is 13.7 Å². The quantitative estimate of drug-likeness (QED) is 0.271. The number of nitrogens with one attached hydrogen (secondary N) is 1. The van der Waals surface area contributed by atoms with Gasteiger partial charge in [-0.25, -0.2) is 5.43 Å². The Morgan fingerprint density at radius 3 is 2.53 bits per heavy atom. The molecule has 0 unspecified atom stereocenters. The number of rotatable bonds is 9. The van der Waals surface area contributed by atoms with Crippen molar-refractivity contribution in [2.24, 2.45) is 5.10 Å². The van der Waals surface area contributed by atoms with Gasteiger partial charge in [0.15, 0.2) is 18.1 Å². The van der Waals surface area contributed by atoms with Gasteiger partial charge >= 0.3 is 0 Å². The maximum absolute atomic E-state index is 12.0. The second kappa shape index (κ2) is 11.7. The van der Waals surface area contributed by atoms with E-state index in [0.29, 0.717) is 23.9 Å². The fourth-order valence-corrected chi connectivity index (χ4v) is 3.92. The van der Waals surface area contributed by atoms with E-state index >= 15 is 0 Å². The summed E-state index contributed by atoms with van der Waals surface area (Å²) in [5.74, 6) is 1.40. The van der Waals surface area contributed by atoms with Crippen molar-refractivity contribution < 1.29 is 19.0 Å². The van der Waals surface area contributed by atoms with Crippen LogP contribution in [0.15, 0.2) is 74.7 Å². The first-order valence-electron chi connectivity index (χ1n) is 9.71. The van der Waals surface area contributed by atoms with Gasteiger partial charge in [0.05, 0.1) is 17.8 Å². The zero-order valence-electron chi connectivity index (χ0n) is 17.6. The van der Waals surface area contributed by atoms with Gasteiger partial charge in [-0.1, -0.05) is 40.2 Å². The second-order valence-electron chi connectivity index (χ2n) is 6.78. The molecule has 0 aliphatic rings. The van der Waals surface area contributed by atoms with Crippen LogP contribution in [0.5, 0.6) is 17.2 Å². The number of methoxy groups -OCH3 is 1. The molecule has 0 aliphatic carbocycles. The van der Waals surface area contributed by atoms with Gasteiger partial charge in [-0.05, 0) is 75.9 Å². The number of carbonyl (C=O) groups excluding carboxylic acids is 1. The first kappa shape index (κ1) is 23.8. The Kier molecular flexibility index (Phi) is 8.70. The minimum atomic E-state index is -0.374. The number of carbonyl (C=O) groups is 1. The Morgan fingerprint density at radius 1 is 1.00 bits per heavy atom. The predicted octanol–water partition coefficient (Wildman–Crippen LogP) is 5.64. The van der Waals surface area contributed by atoms with Crippen LogP contribution in [0.25, 0.3) is 0 Å². The van der Waals surface area contributed by atoms with E-state index in [0.717, 1.165) is 20.1 Å². The van der Waals surface area contributed by atoms with Crippen molar-refractivity contribution >= 4 is 44.0 Å². The van der Waals surface area contributed by atoms with Crippen molar-refractivity contribution in [3.63, 3.8) is 0 Å². The lowest BCUT2D eigenvalue weighted by Gasteiger charge is -2.12. The SMILES string of the molecule is COc1cc(/C=N/NC(=O)COc2ccc(Br)cc2Br)ccc1OCc1ccccc1C. The minimum Gasteiger partial charge on any atom is -0.493 e. The summed E-state index contributed by atoms with van der Waals surface area (Å²) in [6.07, 6.45) is 1.53. The van der Waals surface area contributed by atoms with Gasteiger partial charge in [-0.2, -0.15) is 5.10 Å². The van der Waals surface area contributed by atoms with E-state index in [-0.39, 0.29) is 12.5 Å². The van der Waals surface area contributed by atoms with Gasteiger partial charge < -0.3 is 14.2 Å². The van der Waals surface area contributed by atoms with Gasteiger partial charge in [-0.3, -0.25) is 4.79 Å². The molecule has 1 amide bonds. The summed E-state index contributed by atoms with van der Waals surface area (Å²) in [6.45, 7) is 2.33. The van der Waals surface area contributed by atoms with Crippen molar-refractivity contribution in [1.29, 1.82) is 0 Å². The molecule has 0 saturated carbocycles. The largest absolute Gasteiger partial charge is 0.493 e. The monoisotopic (exact) mass is 560 g/mol. The normalized spacial score (nSPS) is 10.8. The van der Waals surface area contributed by atoms with Crippen molar-refractivity contribution in [3.8, 4) is 17.2 Å². The zero-order chi connectivity index (χ0) is 22.9. The molecule has 1 N–H and O–H groups in total. The number of halogens is 2. The van der Waals surface area contributed by atoms with Crippen LogP contribution in [0.1, 0.15) is 16.7 Å². The maximum atomic E-state index is 12.0. The average molecular weight is 562 g/mol. The fraction of sp³-hybridized carbons (Fsp3) is 0.167. The molecule has 0 aliphatic heterocycles. The van der Waals surface area contributed by atoms with Crippen molar-refractivity contribution in [1.82, 2.24) is 5.43 Å². The summed E-state index contributed by atoms with van der Waals surface area (Å²) in [5.41, 5.74) is 5.48. The molecule has 0 spiro atoms. The first-order valence-corrected chi connectivity index (χ1v) is 11.3. The number of aryl methyl sites for hydroxylation is 1. The Morgan fingerprint density at radius 2 is 1.78 bits per heavy atom. The van der Waals surface area contributed by atoms with Crippen molar-refractivity contribution in [2.45, 2.75) is 13.5 Å². The lowest BCUT2D eigenvalue weighted by molar-refractivity contribution is -0.123. The third-order valence-electron chi connectivity index (χ3n) is 4.49. The fourth-order valence-electron chi connectivity index (χ4n) is 2.76. The Bertz CT molecular complexity index is 1120. The molecule has 8 heteroatoms. The summed E-state index contributed by atoms with van der Waals surface area (Å²) in [6, 6.07) is 18.9. The van der Waals surface area contributed by atoms with Crippen LogP contribution in [0, 0.1) is 6.92 Å². The number of hydrazone groups is 1. The van der Waals surface area contributed by atoms with Crippen molar-refractivity contribution in [3.05, 3.63) is 86.3 Å². The van der Waals surface area contributed by atoms with E-state index in [2.05, 4.69) is 42.4 Å². The third-order valence-corrected chi connectivity index (χ3v) is 5.60. The van der Waals surface area contributed by atoms with E-state index in [1.165, 1.54) is 11.8 Å². The third kappa shape index (κ3) is 6.83.